The zero-order chi connectivity index (χ0) is 22.5. The van der Waals surface area contributed by atoms with E-state index in [1.54, 1.807) is 0 Å². The highest BCUT2D eigenvalue weighted by Crippen LogP contribution is 2.49. The fourth-order valence-electron chi connectivity index (χ4n) is 4.68. The van der Waals surface area contributed by atoms with Crippen LogP contribution < -0.4 is 0 Å². The molecule has 0 bridgehead atoms. The maximum atomic E-state index is 13.1. The summed E-state index contributed by atoms with van der Waals surface area (Å²) >= 11 is 0. The van der Waals surface area contributed by atoms with Crippen LogP contribution in [0.3, 0.4) is 0 Å². The molecule has 1 atom stereocenters. The maximum Gasteiger partial charge on any atom is 0.330 e. The number of unbranched alkanes of at least 4 members (excludes halogenated alkanes) is 13. The topological polar surface area (TPSA) is 35.5 Å². The van der Waals surface area contributed by atoms with Crippen LogP contribution >= 0.6 is 7.60 Å². The van der Waals surface area contributed by atoms with Crippen LogP contribution in [0.15, 0.2) is 0 Å². The molecule has 0 aromatic heterocycles. The lowest BCUT2D eigenvalue weighted by atomic mass is 9.87. The summed E-state index contributed by atoms with van der Waals surface area (Å²) in [6.45, 7) is 5.63. The number of rotatable bonds is 22. The first-order valence-corrected chi connectivity index (χ1v) is 15.8. The summed E-state index contributed by atoms with van der Waals surface area (Å²) in [4.78, 5) is 0. The van der Waals surface area contributed by atoms with Crippen molar-refractivity contribution in [3.8, 4) is 0 Å². The molecule has 1 rings (SSSR count). The second kappa shape index (κ2) is 20.7. The Bertz CT molecular complexity index is 421. The summed E-state index contributed by atoms with van der Waals surface area (Å²) in [6.07, 6.45) is 27.8. The highest BCUT2D eigenvalue weighted by atomic mass is 31.2. The molecule has 0 heterocycles. The Morgan fingerprint density at radius 3 is 1.65 bits per heavy atom. The largest absolute Gasteiger partial charge is 0.330 e. The molecule has 0 spiro atoms. The van der Waals surface area contributed by atoms with E-state index in [0.717, 1.165) is 31.6 Å². The molecule has 31 heavy (non-hydrogen) atoms. The molecule has 1 aliphatic rings. The Balaban J connectivity index is 2.00. The van der Waals surface area contributed by atoms with Crippen molar-refractivity contribution in [3.63, 3.8) is 0 Å². The second-order valence-corrected chi connectivity index (χ2v) is 12.1. The zero-order valence-electron chi connectivity index (χ0n) is 21.2. The first-order chi connectivity index (χ1) is 15.2. The van der Waals surface area contributed by atoms with E-state index in [-0.39, 0.29) is 0 Å². The molecule has 0 N–H and O–H groups in total. The summed E-state index contributed by atoms with van der Waals surface area (Å²) in [7, 11) is -2.89. The molecular formula is C27H55O3P. The van der Waals surface area contributed by atoms with Gasteiger partial charge in [0, 0.05) is 0 Å². The van der Waals surface area contributed by atoms with Crippen LogP contribution in [0.25, 0.3) is 0 Å². The lowest BCUT2D eigenvalue weighted by molar-refractivity contribution is 0.182. The van der Waals surface area contributed by atoms with Gasteiger partial charge in [-0.3, -0.25) is 4.57 Å². The van der Waals surface area contributed by atoms with Crippen LogP contribution in [0.5, 0.6) is 0 Å². The lowest BCUT2D eigenvalue weighted by Gasteiger charge is -2.23. The molecule has 1 saturated carbocycles. The number of hydrogen-bond donors (Lipinski definition) is 0. The highest BCUT2D eigenvalue weighted by Gasteiger charge is 2.24. The molecule has 0 radical (unpaired) electrons. The zero-order valence-corrected chi connectivity index (χ0v) is 22.1. The van der Waals surface area contributed by atoms with Crippen LogP contribution in [0.2, 0.25) is 0 Å². The first kappa shape index (κ1) is 29.2. The minimum Gasteiger partial charge on any atom is -0.309 e. The van der Waals surface area contributed by atoms with Crippen LogP contribution in [-0.2, 0) is 13.6 Å². The van der Waals surface area contributed by atoms with Crippen molar-refractivity contribution in [2.24, 2.45) is 5.92 Å². The average Bonchev–Trinajstić information content (AvgIpc) is 2.79. The Morgan fingerprint density at radius 2 is 1.10 bits per heavy atom. The Labute approximate surface area is 195 Å². The summed E-state index contributed by atoms with van der Waals surface area (Å²) in [6, 6.07) is 0. The normalized spacial score (nSPS) is 17.1. The molecule has 4 heteroatoms. The van der Waals surface area contributed by atoms with Crippen LogP contribution in [0.1, 0.15) is 149 Å². The van der Waals surface area contributed by atoms with Gasteiger partial charge in [0.25, 0.3) is 0 Å². The van der Waals surface area contributed by atoms with Gasteiger partial charge in [-0.2, -0.15) is 0 Å². The molecule has 0 saturated heterocycles. The molecule has 0 aromatic rings. The van der Waals surface area contributed by atoms with Gasteiger partial charge in [-0.25, -0.2) is 0 Å². The van der Waals surface area contributed by atoms with E-state index >= 15 is 0 Å². The van der Waals surface area contributed by atoms with E-state index in [1.807, 2.05) is 0 Å². The van der Waals surface area contributed by atoms with Crippen molar-refractivity contribution in [3.05, 3.63) is 0 Å². The van der Waals surface area contributed by atoms with Crippen molar-refractivity contribution in [1.29, 1.82) is 0 Å². The van der Waals surface area contributed by atoms with Crippen molar-refractivity contribution in [2.75, 3.05) is 19.4 Å². The minimum atomic E-state index is -2.89. The monoisotopic (exact) mass is 458 g/mol. The van der Waals surface area contributed by atoms with Crippen molar-refractivity contribution in [1.82, 2.24) is 0 Å². The Morgan fingerprint density at radius 1 is 0.613 bits per heavy atom. The van der Waals surface area contributed by atoms with Crippen LogP contribution in [0.4, 0.5) is 0 Å². The van der Waals surface area contributed by atoms with Crippen molar-refractivity contribution in [2.45, 2.75) is 149 Å². The average molecular weight is 459 g/mol. The molecule has 3 nitrogen and oxygen atoms in total. The van der Waals surface area contributed by atoms with Gasteiger partial charge in [0.2, 0.25) is 0 Å². The summed E-state index contributed by atoms with van der Waals surface area (Å²) in [5.74, 6) is 0.773. The van der Waals surface area contributed by atoms with Crippen LogP contribution in [-0.4, -0.2) is 19.4 Å². The van der Waals surface area contributed by atoms with E-state index in [2.05, 4.69) is 13.8 Å². The fraction of sp³-hybridized carbons (Fsp3) is 1.00. The van der Waals surface area contributed by atoms with E-state index in [1.165, 1.54) is 109 Å². The van der Waals surface area contributed by atoms with Gasteiger partial charge >= 0.3 is 7.60 Å². The Hall–Kier alpha value is 0.150. The predicted molar refractivity (Wildman–Crippen MR) is 136 cm³/mol. The van der Waals surface area contributed by atoms with Gasteiger partial charge in [0.15, 0.2) is 0 Å². The van der Waals surface area contributed by atoms with E-state index in [0.29, 0.717) is 19.4 Å². The standard InChI is InChI=1S/C27H55O3P/c1-3-5-7-8-9-10-11-12-13-14-15-16-20-24-29-31(28,26-6-4-2)30-25-23-27-21-18-17-19-22-27/h27H,3-26H2,1-2H3. The predicted octanol–water partition coefficient (Wildman–Crippen LogP) is 10.1. The lowest BCUT2D eigenvalue weighted by Crippen LogP contribution is -2.10. The molecular weight excluding hydrogens is 403 g/mol. The van der Waals surface area contributed by atoms with Gasteiger partial charge in [-0.05, 0) is 25.2 Å². The molecule has 1 unspecified atom stereocenters. The third-order valence-corrected chi connectivity index (χ3v) is 8.88. The third-order valence-electron chi connectivity index (χ3n) is 6.86. The number of hydrogen-bond acceptors (Lipinski definition) is 3. The third kappa shape index (κ3) is 17.3. The van der Waals surface area contributed by atoms with Crippen LogP contribution in [0, 0.1) is 5.92 Å². The second-order valence-electron chi connectivity index (χ2n) is 9.89. The summed E-state index contributed by atoms with van der Waals surface area (Å²) in [5.41, 5.74) is 0. The molecule has 186 valence electrons. The van der Waals surface area contributed by atoms with E-state index in [9.17, 15) is 4.57 Å². The summed E-state index contributed by atoms with van der Waals surface area (Å²) < 4.78 is 24.8. The van der Waals surface area contributed by atoms with E-state index < -0.39 is 7.60 Å². The van der Waals surface area contributed by atoms with E-state index in [4.69, 9.17) is 9.05 Å². The molecule has 0 aliphatic heterocycles. The molecule has 0 amide bonds. The maximum absolute atomic E-state index is 13.1. The van der Waals surface area contributed by atoms with Gasteiger partial charge in [-0.1, -0.05) is 129 Å². The molecule has 0 aromatic carbocycles. The molecule has 1 aliphatic carbocycles. The summed E-state index contributed by atoms with van der Waals surface area (Å²) in [5, 5.41) is 0. The minimum absolute atomic E-state index is 0.590. The quantitative estimate of drug-likeness (QED) is 0.120. The van der Waals surface area contributed by atoms with Gasteiger partial charge < -0.3 is 9.05 Å². The van der Waals surface area contributed by atoms with Gasteiger partial charge in [-0.15, -0.1) is 0 Å². The first-order valence-electron chi connectivity index (χ1n) is 14.1. The van der Waals surface area contributed by atoms with Gasteiger partial charge in [0.1, 0.15) is 0 Å². The van der Waals surface area contributed by atoms with Crippen molar-refractivity contribution < 1.29 is 13.6 Å². The van der Waals surface area contributed by atoms with Gasteiger partial charge in [0.05, 0.1) is 19.4 Å². The smallest absolute Gasteiger partial charge is 0.309 e. The SMILES string of the molecule is CCCCCCCCCCCCCCCOP(=O)(CCCC)OCCC1CCCCC1. The Kier molecular flexibility index (Phi) is 19.5. The fourth-order valence-corrected chi connectivity index (χ4v) is 6.50. The molecule has 1 fully saturated rings. The van der Waals surface area contributed by atoms with Crippen molar-refractivity contribution >= 4 is 7.60 Å². The highest BCUT2D eigenvalue weighted by molar-refractivity contribution is 7.53.